The first-order chi connectivity index (χ1) is 13.8. The summed E-state index contributed by atoms with van der Waals surface area (Å²) in [6.45, 7) is 0.807. The molecule has 1 saturated carbocycles. The molecule has 1 unspecified atom stereocenters. The van der Waals surface area contributed by atoms with Crippen molar-refractivity contribution in [3.05, 3.63) is 28.5 Å². The Kier molecular flexibility index (Phi) is 7.37. The number of hydrogen-bond acceptors (Lipinski definition) is 5. The van der Waals surface area contributed by atoms with Crippen molar-refractivity contribution in [1.82, 2.24) is 9.03 Å². The van der Waals surface area contributed by atoms with E-state index >= 15 is 0 Å². The van der Waals surface area contributed by atoms with E-state index in [9.17, 15) is 17.6 Å². The van der Waals surface area contributed by atoms with Crippen LogP contribution in [0.2, 0.25) is 5.02 Å². The number of benzene rings is 1. The smallest absolute Gasteiger partial charge is 0.304 e. The summed E-state index contributed by atoms with van der Waals surface area (Å²) in [5.74, 6) is -1.41. The molecule has 0 radical (unpaired) electrons. The molecule has 1 aromatic carbocycles. The van der Waals surface area contributed by atoms with Crippen LogP contribution in [0.3, 0.4) is 0 Å². The Morgan fingerprint density at radius 1 is 1.24 bits per heavy atom. The highest BCUT2D eigenvalue weighted by Crippen LogP contribution is 2.31. The fraction of sp³-hybridized carbons (Fsp3) is 0.632. The van der Waals surface area contributed by atoms with Gasteiger partial charge in [-0.2, -0.15) is 12.7 Å². The maximum Gasteiger partial charge on any atom is 0.304 e. The van der Waals surface area contributed by atoms with Gasteiger partial charge in [-0.1, -0.05) is 30.9 Å². The Hall–Kier alpha value is -1.42. The average Bonchev–Trinajstić information content (AvgIpc) is 3.07. The van der Waals surface area contributed by atoms with Crippen LogP contribution in [-0.2, 0) is 10.2 Å². The van der Waals surface area contributed by atoms with Crippen molar-refractivity contribution in [3.8, 4) is 5.75 Å². The largest absolute Gasteiger partial charge is 0.492 e. The standard InChI is InChI=1S/C19H27ClFN3O4S/c20-16-9-15(17(21)10-18(16)28-12-13-5-1-2-6-13)19(25)23-29(26,27)24-8-4-3-7-14(22)11-24/h9-10,13-14H,1-8,11-12,22H2,(H,23,25). The van der Waals surface area contributed by atoms with Crippen molar-refractivity contribution in [2.45, 2.75) is 51.0 Å². The zero-order chi connectivity index (χ0) is 21.0. The molecule has 1 heterocycles. The lowest BCUT2D eigenvalue weighted by atomic mass is 10.1. The van der Waals surface area contributed by atoms with E-state index in [-0.39, 0.29) is 29.9 Å². The van der Waals surface area contributed by atoms with E-state index in [0.717, 1.165) is 48.5 Å². The van der Waals surface area contributed by atoms with E-state index in [1.807, 2.05) is 4.72 Å². The highest BCUT2D eigenvalue weighted by atomic mass is 35.5. The van der Waals surface area contributed by atoms with Crippen molar-refractivity contribution >= 4 is 27.7 Å². The van der Waals surface area contributed by atoms with Gasteiger partial charge < -0.3 is 10.5 Å². The number of nitrogens with two attached hydrogens (primary N) is 1. The molecule has 1 amide bonds. The fourth-order valence-corrected chi connectivity index (χ4v) is 5.24. The van der Waals surface area contributed by atoms with Gasteiger partial charge in [0.05, 0.1) is 17.2 Å². The van der Waals surface area contributed by atoms with Crippen LogP contribution >= 0.6 is 11.6 Å². The number of rotatable bonds is 6. The minimum Gasteiger partial charge on any atom is -0.492 e. The van der Waals surface area contributed by atoms with Gasteiger partial charge in [0.1, 0.15) is 11.6 Å². The van der Waals surface area contributed by atoms with E-state index < -0.39 is 27.5 Å². The third kappa shape index (κ3) is 5.81. The number of carbonyl (C=O) groups is 1. The SMILES string of the molecule is NC1CCCCN(S(=O)(=O)NC(=O)c2cc(Cl)c(OCC3CCCC3)cc2F)C1. The summed E-state index contributed by atoms with van der Waals surface area (Å²) in [4.78, 5) is 12.4. The maximum atomic E-state index is 14.5. The molecule has 2 fully saturated rings. The van der Waals surface area contributed by atoms with Crippen LogP contribution in [-0.4, -0.2) is 44.4 Å². The summed E-state index contributed by atoms with van der Waals surface area (Å²) in [6.07, 6.45) is 6.63. The zero-order valence-electron chi connectivity index (χ0n) is 16.2. The van der Waals surface area contributed by atoms with Gasteiger partial charge in [0, 0.05) is 25.2 Å². The van der Waals surface area contributed by atoms with E-state index in [4.69, 9.17) is 22.1 Å². The molecule has 3 rings (SSSR count). The molecular formula is C19H27ClFN3O4S. The molecule has 0 aromatic heterocycles. The lowest BCUT2D eigenvalue weighted by Crippen LogP contribution is -2.47. The van der Waals surface area contributed by atoms with E-state index in [1.165, 1.54) is 0 Å². The molecule has 7 nitrogen and oxygen atoms in total. The first kappa shape index (κ1) is 22.3. The van der Waals surface area contributed by atoms with Crippen LogP contribution in [0.15, 0.2) is 12.1 Å². The maximum absolute atomic E-state index is 14.5. The van der Waals surface area contributed by atoms with Gasteiger partial charge in [0.25, 0.3) is 5.91 Å². The normalized spacial score (nSPS) is 21.7. The summed E-state index contributed by atoms with van der Waals surface area (Å²) in [6, 6.07) is 1.83. The second kappa shape index (κ2) is 9.59. The van der Waals surface area contributed by atoms with Crippen molar-refractivity contribution in [1.29, 1.82) is 0 Å². The predicted molar refractivity (Wildman–Crippen MR) is 109 cm³/mol. The van der Waals surface area contributed by atoms with Gasteiger partial charge >= 0.3 is 10.2 Å². The first-order valence-electron chi connectivity index (χ1n) is 9.96. The number of amides is 1. The van der Waals surface area contributed by atoms with Gasteiger partial charge in [0.2, 0.25) is 0 Å². The molecule has 162 valence electrons. The van der Waals surface area contributed by atoms with E-state index in [2.05, 4.69) is 0 Å². The highest BCUT2D eigenvalue weighted by Gasteiger charge is 2.29. The number of carbonyl (C=O) groups excluding carboxylic acids is 1. The molecule has 1 aromatic rings. The van der Waals surface area contributed by atoms with Crippen LogP contribution < -0.4 is 15.2 Å². The van der Waals surface area contributed by atoms with Gasteiger partial charge in [0.15, 0.2) is 0 Å². The lowest BCUT2D eigenvalue weighted by molar-refractivity contribution is 0.0975. The molecule has 10 heteroatoms. The van der Waals surface area contributed by atoms with E-state index in [1.54, 1.807) is 0 Å². The molecule has 1 aliphatic heterocycles. The van der Waals surface area contributed by atoms with Crippen molar-refractivity contribution < 1.29 is 22.3 Å². The van der Waals surface area contributed by atoms with Crippen LogP contribution in [0.4, 0.5) is 4.39 Å². The Morgan fingerprint density at radius 3 is 2.66 bits per heavy atom. The zero-order valence-corrected chi connectivity index (χ0v) is 17.8. The molecule has 2 aliphatic rings. The quantitative estimate of drug-likeness (QED) is 0.698. The van der Waals surface area contributed by atoms with Gasteiger partial charge in [-0.25, -0.2) is 9.11 Å². The number of halogens is 2. The van der Waals surface area contributed by atoms with Crippen LogP contribution in [0.5, 0.6) is 5.75 Å². The Balaban J connectivity index is 1.68. The van der Waals surface area contributed by atoms with Gasteiger partial charge in [-0.3, -0.25) is 4.79 Å². The number of hydrogen-bond donors (Lipinski definition) is 2. The number of nitrogens with one attached hydrogen (secondary N) is 1. The van der Waals surface area contributed by atoms with Crippen molar-refractivity contribution in [2.24, 2.45) is 11.7 Å². The second-order valence-electron chi connectivity index (χ2n) is 7.77. The Bertz CT molecular complexity index is 846. The summed E-state index contributed by atoms with van der Waals surface area (Å²) in [5.41, 5.74) is 5.43. The van der Waals surface area contributed by atoms with Crippen LogP contribution in [0.25, 0.3) is 0 Å². The van der Waals surface area contributed by atoms with Crippen LogP contribution in [0.1, 0.15) is 55.3 Å². The van der Waals surface area contributed by atoms with Crippen LogP contribution in [0, 0.1) is 11.7 Å². The summed E-state index contributed by atoms with van der Waals surface area (Å²) < 4.78 is 48.2. The number of nitrogens with zero attached hydrogens (tertiary/aromatic N) is 1. The molecular weight excluding hydrogens is 421 g/mol. The van der Waals surface area contributed by atoms with Gasteiger partial charge in [-0.05, 0) is 37.7 Å². The molecule has 1 atom stereocenters. The predicted octanol–water partition coefficient (Wildman–Crippen LogP) is 2.84. The molecule has 29 heavy (non-hydrogen) atoms. The highest BCUT2D eigenvalue weighted by molar-refractivity contribution is 7.87. The first-order valence-corrected chi connectivity index (χ1v) is 11.8. The molecule has 1 aliphatic carbocycles. The molecule has 0 bridgehead atoms. The molecule has 0 spiro atoms. The third-order valence-corrected chi connectivity index (χ3v) is 7.20. The Labute approximate surface area is 175 Å². The monoisotopic (exact) mass is 447 g/mol. The second-order valence-corrected chi connectivity index (χ2v) is 9.85. The molecule has 3 N–H and O–H groups in total. The minimum absolute atomic E-state index is 0.0590. The number of ether oxygens (including phenoxy) is 1. The molecule has 1 saturated heterocycles. The van der Waals surface area contributed by atoms with Gasteiger partial charge in [-0.15, -0.1) is 0 Å². The van der Waals surface area contributed by atoms with E-state index in [0.29, 0.717) is 25.4 Å². The van der Waals surface area contributed by atoms with Crippen molar-refractivity contribution in [3.63, 3.8) is 0 Å². The summed E-state index contributed by atoms with van der Waals surface area (Å²) in [7, 11) is -4.14. The minimum atomic E-state index is -4.14. The van der Waals surface area contributed by atoms with Crippen molar-refractivity contribution in [2.75, 3.05) is 19.7 Å². The Morgan fingerprint density at radius 2 is 1.93 bits per heavy atom. The lowest BCUT2D eigenvalue weighted by Gasteiger charge is -2.22. The third-order valence-electron chi connectivity index (χ3n) is 5.45. The topological polar surface area (TPSA) is 102 Å². The summed E-state index contributed by atoms with van der Waals surface area (Å²) >= 11 is 6.14. The average molecular weight is 448 g/mol. The fourth-order valence-electron chi connectivity index (χ4n) is 3.79. The summed E-state index contributed by atoms with van der Waals surface area (Å²) in [5, 5.41) is 0.0590.